The van der Waals surface area contributed by atoms with Crippen molar-refractivity contribution in [1.29, 1.82) is 0 Å². The van der Waals surface area contributed by atoms with Crippen molar-refractivity contribution in [2.24, 2.45) is 0 Å². The van der Waals surface area contributed by atoms with Gasteiger partial charge >= 0.3 is 0 Å². The number of fused-ring (bicyclic) bond motifs is 2. The Bertz CT molecular complexity index is 1160. The molecular weight excluding hydrogens is 434 g/mol. The monoisotopic (exact) mass is 463 g/mol. The Morgan fingerprint density at radius 3 is 2.42 bits per heavy atom. The lowest BCUT2D eigenvalue weighted by Crippen LogP contribution is -2.58. The lowest BCUT2D eigenvalue weighted by molar-refractivity contribution is 0.207. The van der Waals surface area contributed by atoms with Crippen molar-refractivity contribution in [2.75, 3.05) is 18.2 Å². The third kappa shape index (κ3) is 4.27. The smallest absolute Gasteiger partial charge is 0.185 e. The van der Waals surface area contributed by atoms with Crippen LogP contribution < -0.4 is 10.2 Å². The third-order valence-electron chi connectivity index (χ3n) is 7.08. The number of anilines is 1. The second kappa shape index (κ2) is 8.22. The van der Waals surface area contributed by atoms with Gasteiger partial charge in [-0.2, -0.15) is 5.10 Å². The van der Waals surface area contributed by atoms with Gasteiger partial charge in [0.25, 0.3) is 0 Å². The zero-order chi connectivity index (χ0) is 23.2. The van der Waals surface area contributed by atoms with E-state index in [2.05, 4.69) is 56.5 Å². The molecule has 1 aromatic carbocycles. The standard InChI is InChI=1S/C24H29N7OS/c1-23-7-8-24(2,30-23)12-17(11-23)31(3)20-14-25-22(29-27-20)18-6-5-15(9-19(18)32)16-10-21(33-4)28-26-13-16/h5-6,9-10,13-14,17,30,32H,7-8,11-12H2,1-4H3/t17?,23-,24+. The van der Waals surface area contributed by atoms with Crippen molar-refractivity contribution in [1.82, 2.24) is 30.7 Å². The molecule has 0 radical (unpaired) electrons. The van der Waals surface area contributed by atoms with Crippen molar-refractivity contribution in [2.45, 2.75) is 61.7 Å². The van der Waals surface area contributed by atoms with Crippen LogP contribution >= 0.6 is 11.8 Å². The lowest BCUT2D eigenvalue weighted by Gasteiger charge is -2.45. The number of thioether (sulfide) groups is 1. The minimum Gasteiger partial charge on any atom is -0.507 e. The summed E-state index contributed by atoms with van der Waals surface area (Å²) in [5, 5.41) is 32.2. The maximum absolute atomic E-state index is 10.7. The molecule has 0 aliphatic carbocycles. The summed E-state index contributed by atoms with van der Waals surface area (Å²) >= 11 is 1.53. The largest absolute Gasteiger partial charge is 0.507 e. The molecule has 2 aliphatic heterocycles. The van der Waals surface area contributed by atoms with E-state index in [0.29, 0.717) is 17.4 Å². The zero-order valence-corrected chi connectivity index (χ0v) is 20.2. The molecule has 2 saturated heterocycles. The Balaban J connectivity index is 1.35. The molecule has 0 saturated carbocycles. The Labute approximate surface area is 198 Å². The number of phenols is 1. The normalized spacial score (nSPS) is 26.4. The fraction of sp³-hybridized carbons (Fsp3) is 0.458. The van der Waals surface area contributed by atoms with Crippen LogP contribution in [0.5, 0.6) is 5.75 Å². The molecule has 3 aromatic rings. The van der Waals surface area contributed by atoms with Crippen LogP contribution in [0.15, 0.2) is 41.7 Å². The summed E-state index contributed by atoms with van der Waals surface area (Å²) in [6.45, 7) is 4.64. The van der Waals surface area contributed by atoms with Crippen molar-refractivity contribution in [3.05, 3.63) is 36.7 Å². The molecule has 5 rings (SSSR count). The van der Waals surface area contributed by atoms with Crippen LogP contribution in [0, 0.1) is 0 Å². The van der Waals surface area contributed by atoms with Gasteiger partial charge in [0.2, 0.25) is 0 Å². The first kappa shape index (κ1) is 22.0. The molecule has 172 valence electrons. The SMILES string of the molecule is CSc1cc(-c2ccc(-c3ncc(N(C)C4C[C@]5(C)CC[C@](C)(C4)N5)nn3)c(O)c2)cnn1. The number of hydrogen-bond donors (Lipinski definition) is 2. The minimum atomic E-state index is 0.105. The van der Waals surface area contributed by atoms with E-state index >= 15 is 0 Å². The highest BCUT2D eigenvalue weighted by molar-refractivity contribution is 7.98. The van der Waals surface area contributed by atoms with E-state index in [0.717, 1.165) is 34.8 Å². The molecule has 4 heterocycles. The van der Waals surface area contributed by atoms with E-state index in [4.69, 9.17) is 0 Å². The Morgan fingerprint density at radius 1 is 1.03 bits per heavy atom. The molecule has 3 atom stereocenters. The number of piperidine rings is 1. The topological polar surface area (TPSA) is 100.0 Å². The van der Waals surface area contributed by atoms with Crippen LogP contribution in [0.3, 0.4) is 0 Å². The highest BCUT2D eigenvalue weighted by atomic mass is 32.2. The van der Waals surface area contributed by atoms with E-state index in [1.807, 2.05) is 24.5 Å². The van der Waals surface area contributed by atoms with Crippen molar-refractivity contribution < 1.29 is 5.11 Å². The quantitative estimate of drug-likeness (QED) is 0.545. The summed E-state index contributed by atoms with van der Waals surface area (Å²) in [4.78, 5) is 6.73. The van der Waals surface area contributed by atoms with Crippen LogP contribution in [0.25, 0.3) is 22.5 Å². The van der Waals surface area contributed by atoms with Crippen molar-refractivity contribution in [3.63, 3.8) is 0 Å². The molecule has 2 N–H and O–H groups in total. The first-order valence-electron chi connectivity index (χ1n) is 11.2. The summed E-state index contributed by atoms with van der Waals surface area (Å²) in [7, 11) is 2.07. The minimum absolute atomic E-state index is 0.105. The van der Waals surface area contributed by atoms with Crippen LogP contribution in [0.4, 0.5) is 5.82 Å². The average molecular weight is 464 g/mol. The van der Waals surface area contributed by atoms with E-state index in [9.17, 15) is 5.11 Å². The summed E-state index contributed by atoms with van der Waals surface area (Å²) < 4.78 is 0. The number of nitrogens with zero attached hydrogens (tertiary/aromatic N) is 6. The number of phenolic OH excluding ortho intramolecular Hbond substituents is 1. The van der Waals surface area contributed by atoms with Gasteiger partial charge < -0.3 is 15.3 Å². The Hall–Kier alpha value is -2.78. The number of aromatic nitrogens is 5. The Kier molecular flexibility index (Phi) is 5.49. The summed E-state index contributed by atoms with van der Waals surface area (Å²) in [5.41, 5.74) is 2.66. The number of aromatic hydroxyl groups is 1. The number of hydrogen-bond acceptors (Lipinski definition) is 9. The fourth-order valence-corrected chi connectivity index (χ4v) is 5.72. The highest BCUT2D eigenvalue weighted by Gasteiger charge is 2.49. The van der Waals surface area contributed by atoms with E-state index in [-0.39, 0.29) is 16.8 Å². The van der Waals surface area contributed by atoms with Crippen LogP contribution in [0.2, 0.25) is 0 Å². The maximum Gasteiger partial charge on any atom is 0.185 e. The highest BCUT2D eigenvalue weighted by Crippen LogP contribution is 2.43. The van der Waals surface area contributed by atoms with Gasteiger partial charge in [0.15, 0.2) is 11.6 Å². The molecule has 2 bridgehead atoms. The summed E-state index contributed by atoms with van der Waals surface area (Å²) in [6.07, 6.45) is 9.96. The second-order valence-electron chi connectivity index (χ2n) is 9.78. The molecule has 0 amide bonds. The van der Waals surface area contributed by atoms with Crippen LogP contribution in [-0.4, -0.2) is 60.9 Å². The first-order valence-corrected chi connectivity index (χ1v) is 12.4. The summed E-state index contributed by atoms with van der Waals surface area (Å²) in [5.74, 6) is 1.26. The third-order valence-corrected chi connectivity index (χ3v) is 7.69. The van der Waals surface area contributed by atoms with Crippen LogP contribution in [-0.2, 0) is 0 Å². The van der Waals surface area contributed by atoms with Gasteiger partial charge in [-0.3, -0.25) is 0 Å². The van der Waals surface area contributed by atoms with Gasteiger partial charge in [0.1, 0.15) is 10.8 Å². The van der Waals surface area contributed by atoms with E-state index in [1.165, 1.54) is 24.6 Å². The summed E-state index contributed by atoms with van der Waals surface area (Å²) in [6, 6.07) is 7.77. The first-order chi connectivity index (χ1) is 15.8. The Morgan fingerprint density at radius 2 is 1.79 bits per heavy atom. The van der Waals surface area contributed by atoms with Gasteiger partial charge in [0.05, 0.1) is 18.0 Å². The number of benzene rings is 1. The predicted octanol–water partition coefficient (Wildman–Crippen LogP) is 3.92. The predicted molar refractivity (Wildman–Crippen MR) is 130 cm³/mol. The van der Waals surface area contributed by atoms with E-state index in [1.54, 1.807) is 18.5 Å². The molecule has 2 aliphatic rings. The van der Waals surface area contributed by atoms with Crippen LogP contribution in [0.1, 0.15) is 39.5 Å². The van der Waals surface area contributed by atoms with Gasteiger partial charge in [-0.25, -0.2) is 4.98 Å². The second-order valence-corrected chi connectivity index (χ2v) is 10.6. The molecule has 1 unspecified atom stereocenters. The molecule has 2 fully saturated rings. The van der Waals surface area contributed by atoms with Gasteiger partial charge in [-0.1, -0.05) is 6.07 Å². The number of nitrogens with one attached hydrogen (secondary N) is 1. The van der Waals surface area contributed by atoms with Crippen molar-refractivity contribution in [3.8, 4) is 28.3 Å². The van der Waals surface area contributed by atoms with Gasteiger partial charge in [-0.05, 0) is 69.5 Å². The average Bonchev–Trinajstić information content (AvgIpc) is 3.05. The molecular formula is C24H29N7OS. The fourth-order valence-electron chi connectivity index (χ4n) is 5.34. The molecule has 33 heavy (non-hydrogen) atoms. The molecule has 0 spiro atoms. The van der Waals surface area contributed by atoms with Gasteiger partial charge in [0, 0.05) is 29.7 Å². The molecule has 9 heteroatoms. The number of rotatable bonds is 5. The maximum atomic E-state index is 10.7. The van der Waals surface area contributed by atoms with Crippen molar-refractivity contribution >= 4 is 17.6 Å². The molecule has 8 nitrogen and oxygen atoms in total. The lowest BCUT2D eigenvalue weighted by atomic mass is 9.84. The van der Waals surface area contributed by atoms with E-state index < -0.39 is 0 Å². The van der Waals surface area contributed by atoms with Gasteiger partial charge in [-0.15, -0.1) is 27.1 Å². The molecule has 2 aromatic heterocycles. The zero-order valence-electron chi connectivity index (χ0n) is 19.4.